The summed E-state index contributed by atoms with van der Waals surface area (Å²) in [5.41, 5.74) is 0.641. The molecule has 2 rings (SSSR count). The van der Waals surface area contributed by atoms with Crippen LogP contribution in [0.5, 0.6) is 0 Å². The van der Waals surface area contributed by atoms with Crippen molar-refractivity contribution in [3.8, 4) is 0 Å². The molecule has 0 saturated heterocycles. The summed E-state index contributed by atoms with van der Waals surface area (Å²) in [5.74, 6) is -0.289. The standard InChI is InChI=1S/C8H5ClFNS.C2H6/c1-4-11-7-3-5(9)2-6(10)8(7)12-4;1-2/h2-3H,1H3;1-2H3. The van der Waals surface area contributed by atoms with Crippen LogP contribution in [0, 0.1) is 12.7 Å². The minimum absolute atomic E-state index is 0.289. The zero-order chi connectivity index (χ0) is 10.7. The van der Waals surface area contributed by atoms with Crippen LogP contribution in [-0.4, -0.2) is 4.98 Å². The van der Waals surface area contributed by atoms with Gasteiger partial charge >= 0.3 is 0 Å². The molecule has 1 heterocycles. The summed E-state index contributed by atoms with van der Waals surface area (Å²) in [7, 11) is 0. The largest absolute Gasteiger partial charge is 0.241 e. The van der Waals surface area contributed by atoms with E-state index in [4.69, 9.17) is 11.6 Å². The molecule has 76 valence electrons. The highest BCUT2D eigenvalue weighted by atomic mass is 35.5. The molecular formula is C10H11ClFNS. The van der Waals surface area contributed by atoms with Gasteiger partial charge in [0, 0.05) is 5.02 Å². The average Bonchev–Trinajstić information content (AvgIpc) is 2.49. The Morgan fingerprint density at radius 2 is 2.00 bits per heavy atom. The molecule has 14 heavy (non-hydrogen) atoms. The van der Waals surface area contributed by atoms with Crippen LogP contribution in [0.25, 0.3) is 10.2 Å². The second-order valence-electron chi connectivity index (χ2n) is 2.47. The van der Waals surface area contributed by atoms with Gasteiger partial charge in [0.05, 0.1) is 15.2 Å². The van der Waals surface area contributed by atoms with E-state index in [1.54, 1.807) is 6.07 Å². The number of fused-ring (bicyclic) bond motifs is 1. The molecule has 0 aliphatic heterocycles. The molecular weight excluding hydrogens is 221 g/mol. The number of aryl methyl sites for hydroxylation is 1. The molecule has 0 aliphatic carbocycles. The Balaban J connectivity index is 0.000000461. The van der Waals surface area contributed by atoms with Gasteiger partial charge in [0.25, 0.3) is 0 Å². The second kappa shape index (κ2) is 4.71. The van der Waals surface area contributed by atoms with Crippen LogP contribution in [0.15, 0.2) is 12.1 Å². The van der Waals surface area contributed by atoms with Crippen molar-refractivity contribution in [2.24, 2.45) is 0 Å². The van der Waals surface area contributed by atoms with Crippen LogP contribution >= 0.6 is 22.9 Å². The van der Waals surface area contributed by atoms with Crippen LogP contribution in [0.2, 0.25) is 5.02 Å². The first kappa shape index (κ1) is 11.4. The molecule has 1 nitrogen and oxygen atoms in total. The summed E-state index contributed by atoms with van der Waals surface area (Å²) in [6, 6.07) is 2.98. The summed E-state index contributed by atoms with van der Waals surface area (Å²) < 4.78 is 13.7. The van der Waals surface area contributed by atoms with E-state index in [1.165, 1.54) is 17.4 Å². The number of hydrogen-bond acceptors (Lipinski definition) is 2. The number of aromatic nitrogens is 1. The zero-order valence-corrected chi connectivity index (χ0v) is 9.84. The zero-order valence-electron chi connectivity index (χ0n) is 8.27. The maximum atomic E-state index is 13.1. The minimum Gasteiger partial charge on any atom is -0.241 e. The molecule has 0 aliphatic rings. The van der Waals surface area contributed by atoms with Gasteiger partial charge in [-0.2, -0.15) is 0 Å². The molecule has 0 fully saturated rings. The quantitative estimate of drug-likeness (QED) is 0.654. The van der Waals surface area contributed by atoms with Crippen molar-refractivity contribution in [3.05, 3.63) is 28.0 Å². The van der Waals surface area contributed by atoms with Crippen molar-refractivity contribution in [1.82, 2.24) is 4.98 Å². The fraction of sp³-hybridized carbons (Fsp3) is 0.300. The predicted octanol–water partition coefficient (Wildman–Crippen LogP) is 4.42. The third-order valence-electron chi connectivity index (χ3n) is 1.52. The normalized spacial score (nSPS) is 9.79. The van der Waals surface area contributed by atoms with Crippen molar-refractivity contribution in [2.45, 2.75) is 20.8 Å². The summed E-state index contributed by atoms with van der Waals surface area (Å²) in [6.07, 6.45) is 0. The first-order chi connectivity index (χ1) is 6.66. The maximum absolute atomic E-state index is 13.1. The molecule has 2 aromatic rings. The summed E-state index contributed by atoms with van der Waals surface area (Å²) in [4.78, 5) is 4.13. The Kier molecular flexibility index (Phi) is 3.84. The van der Waals surface area contributed by atoms with Gasteiger partial charge in [-0.15, -0.1) is 11.3 Å². The topological polar surface area (TPSA) is 12.9 Å². The average molecular weight is 232 g/mol. The van der Waals surface area contributed by atoms with Gasteiger partial charge in [-0.3, -0.25) is 0 Å². The van der Waals surface area contributed by atoms with E-state index in [1.807, 2.05) is 20.8 Å². The van der Waals surface area contributed by atoms with Crippen molar-refractivity contribution in [1.29, 1.82) is 0 Å². The Bertz CT molecular complexity index is 439. The Morgan fingerprint density at radius 3 is 2.64 bits per heavy atom. The number of nitrogens with zero attached hydrogens (tertiary/aromatic N) is 1. The monoisotopic (exact) mass is 231 g/mol. The lowest BCUT2D eigenvalue weighted by atomic mass is 10.3. The van der Waals surface area contributed by atoms with Crippen molar-refractivity contribution in [3.63, 3.8) is 0 Å². The van der Waals surface area contributed by atoms with Gasteiger partial charge in [0.1, 0.15) is 5.82 Å². The molecule has 4 heteroatoms. The van der Waals surface area contributed by atoms with E-state index in [0.29, 0.717) is 15.2 Å². The van der Waals surface area contributed by atoms with Crippen molar-refractivity contribution >= 4 is 33.2 Å². The smallest absolute Gasteiger partial charge is 0.144 e. The molecule has 0 unspecified atom stereocenters. The molecule has 0 amide bonds. The van der Waals surface area contributed by atoms with Gasteiger partial charge in [-0.05, 0) is 19.1 Å². The first-order valence-electron chi connectivity index (χ1n) is 4.39. The van der Waals surface area contributed by atoms with Crippen molar-refractivity contribution in [2.75, 3.05) is 0 Å². The number of benzene rings is 1. The van der Waals surface area contributed by atoms with Gasteiger partial charge < -0.3 is 0 Å². The van der Waals surface area contributed by atoms with Crippen LogP contribution < -0.4 is 0 Å². The van der Waals surface area contributed by atoms with E-state index >= 15 is 0 Å². The van der Waals surface area contributed by atoms with Gasteiger partial charge in [-0.1, -0.05) is 25.4 Å². The third-order valence-corrected chi connectivity index (χ3v) is 2.73. The Labute approximate surface area is 91.5 Å². The second-order valence-corrected chi connectivity index (χ2v) is 4.11. The van der Waals surface area contributed by atoms with Crippen LogP contribution in [0.3, 0.4) is 0 Å². The molecule has 0 N–H and O–H groups in total. The molecule has 0 atom stereocenters. The summed E-state index contributed by atoms with van der Waals surface area (Å²) in [5, 5.41) is 1.25. The highest BCUT2D eigenvalue weighted by molar-refractivity contribution is 7.18. The fourth-order valence-corrected chi connectivity index (χ4v) is 2.08. The number of hydrogen-bond donors (Lipinski definition) is 0. The molecule has 0 spiro atoms. The molecule has 0 bridgehead atoms. The molecule has 0 radical (unpaired) electrons. The molecule has 1 aromatic carbocycles. The van der Waals surface area contributed by atoms with Crippen LogP contribution in [-0.2, 0) is 0 Å². The highest BCUT2D eigenvalue weighted by Crippen LogP contribution is 2.27. The lowest BCUT2D eigenvalue weighted by Crippen LogP contribution is -1.74. The third kappa shape index (κ3) is 2.22. The predicted molar refractivity (Wildman–Crippen MR) is 60.7 cm³/mol. The maximum Gasteiger partial charge on any atom is 0.144 e. The molecule has 0 saturated carbocycles. The highest BCUT2D eigenvalue weighted by Gasteiger charge is 2.06. The molecule has 1 aromatic heterocycles. The van der Waals surface area contributed by atoms with E-state index < -0.39 is 0 Å². The van der Waals surface area contributed by atoms with Crippen molar-refractivity contribution < 1.29 is 4.39 Å². The number of halogens is 2. The van der Waals surface area contributed by atoms with Gasteiger partial charge in [0.2, 0.25) is 0 Å². The first-order valence-corrected chi connectivity index (χ1v) is 5.58. The number of rotatable bonds is 0. The van der Waals surface area contributed by atoms with Gasteiger partial charge in [0.15, 0.2) is 0 Å². The van der Waals surface area contributed by atoms with E-state index in [-0.39, 0.29) is 5.82 Å². The SMILES string of the molecule is CC.Cc1nc2cc(Cl)cc(F)c2s1. The number of thiazole rings is 1. The fourth-order valence-electron chi connectivity index (χ4n) is 1.07. The van der Waals surface area contributed by atoms with E-state index in [2.05, 4.69) is 4.98 Å². The lowest BCUT2D eigenvalue weighted by Gasteiger charge is -1.91. The lowest BCUT2D eigenvalue weighted by molar-refractivity contribution is 0.641. The summed E-state index contributed by atoms with van der Waals surface area (Å²) >= 11 is 7.00. The van der Waals surface area contributed by atoms with E-state index in [9.17, 15) is 4.39 Å². The van der Waals surface area contributed by atoms with Crippen LogP contribution in [0.1, 0.15) is 18.9 Å². The Hall–Kier alpha value is -0.670. The van der Waals surface area contributed by atoms with E-state index in [0.717, 1.165) is 5.01 Å². The van der Waals surface area contributed by atoms with Gasteiger partial charge in [-0.25, -0.2) is 9.37 Å². The summed E-state index contributed by atoms with van der Waals surface area (Å²) in [6.45, 7) is 5.85. The Morgan fingerprint density at radius 1 is 1.36 bits per heavy atom. The minimum atomic E-state index is -0.289. The van der Waals surface area contributed by atoms with Crippen LogP contribution in [0.4, 0.5) is 4.39 Å².